The van der Waals surface area contributed by atoms with E-state index in [1.54, 1.807) is 0 Å². The molecule has 0 aromatic heterocycles. The molecule has 0 fully saturated rings. The van der Waals surface area contributed by atoms with Crippen molar-refractivity contribution < 1.29 is 9.59 Å². The Kier molecular flexibility index (Phi) is 5.71. The molecule has 0 spiro atoms. The second-order valence-electron chi connectivity index (χ2n) is 4.91. The van der Waals surface area contributed by atoms with Crippen molar-refractivity contribution in [2.45, 2.75) is 25.3 Å². The quantitative estimate of drug-likeness (QED) is 0.847. The first-order chi connectivity index (χ1) is 10.3. The lowest BCUT2D eigenvalue weighted by atomic mass is 10.1. The molecule has 3 nitrogen and oxygen atoms in total. The minimum atomic E-state index is -0.587. The Morgan fingerprint density at radius 3 is 2.10 bits per heavy atom. The van der Waals surface area contributed by atoms with Gasteiger partial charge in [-0.2, -0.15) is 0 Å². The third-order valence-electron chi connectivity index (χ3n) is 3.24. The van der Waals surface area contributed by atoms with Gasteiger partial charge < -0.3 is 5.32 Å². The molecule has 0 aliphatic heterocycles. The highest BCUT2D eigenvalue weighted by Gasteiger charge is 2.12. The van der Waals surface area contributed by atoms with Crippen LogP contribution in [0.2, 0.25) is 0 Å². The van der Waals surface area contributed by atoms with E-state index in [1.165, 1.54) is 0 Å². The summed E-state index contributed by atoms with van der Waals surface area (Å²) in [4.78, 5) is 22.9. The van der Waals surface area contributed by atoms with Gasteiger partial charge in [0.15, 0.2) is 0 Å². The number of benzene rings is 2. The zero-order chi connectivity index (χ0) is 14.9. The van der Waals surface area contributed by atoms with Crippen LogP contribution in [-0.2, 0) is 22.4 Å². The van der Waals surface area contributed by atoms with E-state index in [2.05, 4.69) is 5.32 Å². The van der Waals surface area contributed by atoms with E-state index >= 15 is 0 Å². The summed E-state index contributed by atoms with van der Waals surface area (Å²) in [6, 6.07) is 18.8. The molecular formula is C18H18NO2. The van der Waals surface area contributed by atoms with E-state index in [1.807, 2.05) is 66.9 Å². The van der Waals surface area contributed by atoms with Crippen molar-refractivity contribution in [2.75, 3.05) is 0 Å². The largest absolute Gasteiger partial charge is 0.345 e. The Morgan fingerprint density at radius 1 is 0.952 bits per heavy atom. The average Bonchev–Trinajstić information content (AvgIpc) is 2.54. The monoisotopic (exact) mass is 280 g/mol. The van der Waals surface area contributed by atoms with Crippen LogP contribution in [0.5, 0.6) is 0 Å². The number of amides is 1. The summed E-state index contributed by atoms with van der Waals surface area (Å²) in [6.45, 7) is 0. The number of carbonyl (C=O) groups is 1. The van der Waals surface area contributed by atoms with Crippen molar-refractivity contribution in [2.24, 2.45) is 0 Å². The van der Waals surface area contributed by atoms with E-state index in [4.69, 9.17) is 0 Å². The molecular weight excluding hydrogens is 262 g/mol. The lowest BCUT2D eigenvalue weighted by Gasteiger charge is -2.12. The Balaban J connectivity index is 1.81. The number of hydrogen-bond acceptors (Lipinski definition) is 2. The molecule has 2 aromatic carbocycles. The van der Waals surface area contributed by atoms with Crippen molar-refractivity contribution in [3.63, 3.8) is 0 Å². The lowest BCUT2D eigenvalue weighted by Crippen LogP contribution is -2.37. The minimum absolute atomic E-state index is 0.122. The molecule has 0 saturated carbocycles. The first-order valence-electron chi connectivity index (χ1n) is 7.03. The molecule has 0 aliphatic carbocycles. The van der Waals surface area contributed by atoms with Gasteiger partial charge in [-0.25, -0.2) is 0 Å². The second-order valence-corrected chi connectivity index (χ2v) is 4.91. The number of aryl methyl sites for hydroxylation is 1. The van der Waals surface area contributed by atoms with Crippen LogP contribution < -0.4 is 5.32 Å². The third-order valence-corrected chi connectivity index (χ3v) is 3.24. The van der Waals surface area contributed by atoms with Crippen molar-refractivity contribution in [3.8, 4) is 0 Å². The summed E-state index contributed by atoms with van der Waals surface area (Å²) < 4.78 is 0. The van der Waals surface area contributed by atoms with E-state index in [9.17, 15) is 9.59 Å². The fraction of sp³-hybridized carbons (Fsp3) is 0.222. The highest BCUT2D eigenvalue weighted by atomic mass is 16.2. The summed E-state index contributed by atoms with van der Waals surface area (Å²) in [7, 11) is 0. The Bertz CT molecular complexity index is 566. The van der Waals surface area contributed by atoms with Gasteiger partial charge in [0.1, 0.15) is 0 Å². The summed E-state index contributed by atoms with van der Waals surface area (Å²) >= 11 is 0. The van der Waals surface area contributed by atoms with Crippen molar-refractivity contribution >= 4 is 12.2 Å². The number of hydrogen-bond donors (Lipinski definition) is 1. The van der Waals surface area contributed by atoms with Gasteiger partial charge in [0.05, 0.1) is 6.04 Å². The molecule has 1 radical (unpaired) electrons. The highest BCUT2D eigenvalue weighted by molar-refractivity contribution is 5.80. The third kappa shape index (κ3) is 5.22. The molecule has 2 aromatic rings. The Morgan fingerprint density at radius 2 is 1.52 bits per heavy atom. The van der Waals surface area contributed by atoms with Crippen LogP contribution in [0.3, 0.4) is 0 Å². The molecule has 107 valence electrons. The maximum atomic E-state index is 11.9. The van der Waals surface area contributed by atoms with Crippen LogP contribution in [0.1, 0.15) is 17.5 Å². The molecule has 0 aliphatic rings. The average molecular weight is 280 g/mol. The summed E-state index contributed by atoms with van der Waals surface area (Å²) in [5.41, 5.74) is 2.12. The van der Waals surface area contributed by atoms with Crippen molar-refractivity contribution in [1.29, 1.82) is 0 Å². The fourth-order valence-corrected chi connectivity index (χ4v) is 2.14. The number of rotatable bonds is 7. The number of carbonyl (C=O) groups excluding carboxylic acids is 2. The van der Waals surface area contributed by atoms with Crippen LogP contribution in [0.4, 0.5) is 0 Å². The Hall–Kier alpha value is -2.42. The standard InChI is InChI=1S/C18H18NO2/c20-14-17(13-16-9-5-2-6-10-16)19-18(21)12-11-15-7-3-1-4-8-15/h1-10,17H,11-13H2,(H,19,21)/t17-/m0/s1. The van der Waals surface area contributed by atoms with E-state index < -0.39 is 6.04 Å². The first kappa shape index (κ1) is 15.0. The molecule has 1 N–H and O–H groups in total. The SMILES string of the molecule is O=[C][C@H](Cc1ccccc1)NC(=O)CCc1ccccc1. The zero-order valence-electron chi connectivity index (χ0n) is 11.8. The predicted molar refractivity (Wildman–Crippen MR) is 82.5 cm³/mol. The van der Waals surface area contributed by atoms with Gasteiger partial charge >= 0.3 is 0 Å². The van der Waals surface area contributed by atoms with Crippen LogP contribution in [0, 0.1) is 0 Å². The van der Waals surface area contributed by atoms with E-state index in [0.29, 0.717) is 19.3 Å². The molecule has 3 heteroatoms. The van der Waals surface area contributed by atoms with E-state index in [0.717, 1.165) is 11.1 Å². The van der Waals surface area contributed by atoms with Crippen LogP contribution >= 0.6 is 0 Å². The smallest absolute Gasteiger partial charge is 0.223 e. The second kappa shape index (κ2) is 8.00. The molecule has 0 bridgehead atoms. The van der Waals surface area contributed by atoms with Crippen molar-refractivity contribution in [3.05, 3.63) is 71.8 Å². The molecule has 21 heavy (non-hydrogen) atoms. The minimum Gasteiger partial charge on any atom is -0.345 e. The molecule has 0 saturated heterocycles. The maximum Gasteiger partial charge on any atom is 0.223 e. The molecule has 2 rings (SSSR count). The maximum absolute atomic E-state index is 11.9. The normalized spacial score (nSPS) is 11.6. The van der Waals surface area contributed by atoms with Gasteiger partial charge in [-0.3, -0.25) is 9.59 Å². The summed E-state index contributed by atoms with van der Waals surface area (Å²) in [5, 5.41) is 2.72. The van der Waals surface area contributed by atoms with Gasteiger partial charge in [0.2, 0.25) is 12.2 Å². The number of nitrogens with one attached hydrogen (secondary N) is 1. The topological polar surface area (TPSA) is 46.2 Å². The van der Waals surface area contributed by atoms with Crippen LogP contribution in [0.25, 0.3) is 0 Å². The molecule has 1 amide bonds. The van der Waals surface area contributed by atoms with E-state index in [-0.39, 0.29) is 5.91 Å². The van der Waals surface area contributed by atoms with Gasteiger partial charge in [0, 0.05) is 12.8 Å². The fourth-order valence-electron chi connectivity index (χ4n) is 2.14. The zero-order valence-corrected chi connectivity index (χ0v) is 11.8. The molecule has 0 heterocycles. The first-order valence-corrected chi connectivity index (χ1v) is 7.03. The van der Waals surface area contributed by atoms with Gasteiger partial charge in [-0.15, -0.1) is 0 Å². The van der Waals surface area contributed by atoms with Crippen LogP contribution in [0.15, 0.2) is 60.7 Å². The predicted octanol–water partition coefficient (Wildman–Crippen LogP) is 2.46. The Labute approximate surface area is 125 Å². The summed E-state index contributed by atoms with van der Waals surface area (Å²) in [5.74, 6) is -0.122. The molecule has 1 atom stereocenters. The van der Waals surface area contributed by atoms with Gasteiger partial charge in [-0.1, -0.05) is 60.7 Å². The van der Waals surface area contributed by atoms with Gasteiger partial charge in [0.25, 0.3) is 0 Å². The van der Waals surface area contributed by atoms with Crippen molar-refractivity contribution in [1.82, 2.24) is 5.32 Å². The van der Waals surface area contributed by atoms with Gasteiger partial charge in [-0.05, 0) is 17.5 Å². The lowest BCUT2D eigenvalue weighted by molar-refractivity contribution is -0.121. The van der Waals surface area contributed by atoms with Crippen LogP contribution in [-0.4, -0.2) is 18.2 Å². The highest BCUT2D eigenvalue weighted by Crippen LogP contribution is 2.04. The summed E-state index contributed by atoms with van der Waals surface area (Å²) in [6.07, 6.45) is 3.41. The molecule has 0 unspecified atom stereocenters.